The van der Waals surface area contributed by atoms with E-state index in [1.54, 1.807) is 18.3 Å². The lowest BCUT2D eigenvalue weighted by Crippen LogP contribution is -2.28. The predicted octanol–water partition coefficient (Wildman–Crippen LogP) is 4.57. The number of nitrogens with zero attached hydrogens (tertiary/aromatic N) is 2. The Kier molecular flexibility index (Phi) is 5.45. The minimum absolute atomic E-state index is 0.333. The molecule has 7 heteroatoms. The Morgan fingerprint density at radius 2 is 2.08 bits per heavy atom. The molecule has 3 rings (SSSR count). The molecule has 1 heterocycles. The van der Waals surface area contributed by atoms with E-state index in [1.165, 1.54) is 6.07 Å². The summed E-state index contributed by atoms with van der Waals surface area (Å²) in [4.78, 5) is 4.26. The molecule has 128 valence electrons. The molecule has 25 heavy (non-hydrogen) atoms. The molecule has 0 atom stereocenters. The average Bonchev–Trinajstić information content (AvgIpc) is 3.02. The topological polar surface area (TPSA) is 41.9 Å². The first kappa shape index (κ1) is 17.6. The zero-order chi connectivity index (χ0) is 17.8. The van der Waals surface area contributed by atoms with Crippen LogP contribution in [0.1, 0.15) is 11.4 Å². The van der Waals surface area contributed by atoms with Gasteiger partial charge in [0.1, 0.15) is 11.6 Å². The van der Waals surface area contributed by atoms with E-state index < -0.39 is 0 Å². The lowest BCUT2D eigenvalue weighted by Gasteiger charge is -2.15. The zero-order valence-electron chi connectivity index (χ0n) is 13.5. The molecule has 3 aromatic rings. The average molecular weight is 419 g/mol. The van der Waals surface area contributed by atoms with E-state index in [-0.39, 0.29) is 5.82 Å². The third-order valence-electron chi connectivity index (χ3n) is 3.70. The van der Waals surface area contributed by atoms with Crippen molar-refractivity contribution in [1.82, 2.24) is 14.9 Å². The largest absolute Gasteiger partial charge is 0.358 e. The molecule has 2 aromatic carbocycles. The Hall–Kier alpha value is -2.25. The Morgan fingerprint density at radius 3 is 2.80 bits per heavy atom. The molecule has 0 fully saturated rings. The molecule has 0 amide bonds. The van der Waals surface area contributed by atoms with E-state index in [9.17, 15) is 4.39 Å². The Labute approximate surface area is 159 Å². The molecule has 0 bridgehead atoms. The molecular formula is C18H16BrFN4S. The number of nitrogens with one attached hydrogen (secondary N) is 2. The Balaban J connectivity index is 1.70. The van der Waals surface area contributed by atoms with Crippen LogP contribution >= 0.6 is 28.1 Å². The molecule has 0 aliphatic carbocycles. The van der Waals surface area contributed by atoms with Gasteiger partial charge in [0.25, 0.3) is 0 Å². The number of aryl methyl sites for hydroxylation is 1. The summed E-state index contributed by atoms with van der Waals surface area (Å²) < 4.78 is 16.6. The SMILES string of the molecule is Cc1nccn1-c1ccccc1CNC(=S)Nc1ccc(Br)cc1F. The van der Waals surface area contributed by atoms with E-state index in [2.05, 4.69) is 31.5 Å². The second-order valence-electron chi connectivity index (χ2n) is 5.41. The van der Waals surface area contributed by atoms with Crippen LogP contribution in [-0.2, 0) is 6.54 Å². The van der Waals surface area contributed by atoms with Crippen LogP contribution in [-0.4, -0.2) is 14.7 Å². The normalized spacial score (nSPS) is 10.5. The zero-order valence-corrected chi connectivity index (χ0v) is 15.9. The van der Waals surface area contributed by atoms with E-state index >= 15 is 0 Å². The number of thiocarbonyl (C=S) groups is 1. The van der Waals surface area contributed by atoms with Crippen LogP contribution in [0.2, 0.25) is 0 Å². The van der Waals surface area contributed by atoms with Crippen LogP contribution in [0.15, 0.2) is 59.3 Å². The lowest BCUT2D eigenvalue weighted by atomic mass is 10.1. The van der Waals surface area contributed by atoms with Gasteiger partial charge >= 0.3 is 0 Å². The maximum Gasteiger partial charge on any atom is 0.171 e. The van der Waals surface area contributed by atoms with Crippen LogP contribution in [0, 0.1) is 12.7 Å². The number of hydrogen-bond donors (Lipinski definition) is 2. The lowest BCUT2D eigenvalue weighted by molar-refractivity contribution is 0.631. The van der Waals surface area contributed by atoms with Crippen molar-refractivity contribution < 1.29 is 4.39 Å². The van der Waals surface area contributed by atoms with Crippen molar-refractivity contribution in [1.29, 1.82) is 0 Å². The van der Waals surface area contributed by atoms with Gasteiger partial charge in [-0.3, -0.25) is 0 Å². The smallest absolute Gasteiger partial charge is 0.171 e. The van der Waals surface area contributed by atoms with Gasteiger partial charge in [0.05, 0.1) is 11.4 Å². The van der Waals surface area contributed by atoms with Crippen LogP contribution < -0.4 is 10.6 Å². The number of benzene rings is 2. The molecule has 0 aliphatic heterocycles. The van der Waals surface area contributed by atoms with Crippen LogP contribution in [0.3, 0.4) is 0 Å². The summed E-state index contributed by atoms with van der Waals surface area (Å²) in [6.07, 6.45) is 3.68. The summed E-state index contributed by atoms with van der Waals surface area (Å²) >= 11 is 8.51. The summed E-state index contributed by atoms with van der Waals surface area (Å²) in [5.41, 5.74) is 2.42. The summed E-state index contributed by atoms with van der Waals surface area (Å²) in [7, 11) is 0. The van der Waals surface area contributed by atoms with Gasteiger partial charge < -0.3 is 15.2 Å². The standard InChI is InChI=1S/C18H16BrFN4S/c1-12-21-8-9-24(12)17-5-3-2-4-13(17)11-22-18(25)23-16-7-6-14(19)10-15(16)20/h2-10H,11H2,1H3,(H2,22,23,25). The van der Waals surface area contributed by atoms with Crippen molar-refractivity contribution in [2.24, 2.45) is 0 Å². The van der Waals surface area contributed by atoms with Crippen molar-refractivity contribution >= 4 is 38.9 Å². The molecule has 0 spiro atoms. The molecule has 2 N–H and O–H groups in total. The second kappa shape index (κ2) is 7.76. The summed E-state index contributed by atoms with van der Waals surface area (Å²) in [5, 5.41) is 6.36. The third-order valence-corrected chi connectivity index (χ3v) is 4.44. The van der Waals surface area contributed by atoms with Crippen molar-refractivity contribution in [3.05, 3.63) is 76.5 Å². The highest BCUT2D eigenvalue weighted by Crippen LogP contribution is 2.19. The van der Waals surface area contributed by atoms with E-state index in [0.29, 0.717) is 21.8 Å². The van der Waals surface area contributed by atoms with E-state index in [1.807, 2.05) is 42.0 Å². The number of para-hydroxylation sites is 1. The molecule has 0 aliphatic rings. The number of imidazole rings is 1. The minimum Gasteiger partial charge on any atom is -0.358 e. The maximum absolute atomic E-state index is 13.9. The fourth-order valence-corrected chi connectivity index (χ4v) is 2.98. The van der Waals surface area contributed by atoms with Gasteiger partial charge in [-0.15, -0.1) is 0 Å². The fourth-order valence-electron chi connectivity index (χ4n) is 2.46. The van der Waals surface area contributed by atoms with E-state index in [0.717, 1.165) is 17.1 Å². The first-order valence-corrected chi connectivity index (χ1v) is 8.83. The first-order valence-electron chi connectivity index (χ1n) is 7.63. The molecule has 0 unspecified atom stereocenters. The Morgan fingerprint density at radius 1 is 1.28 bits per heavy atom. The number of aromatic nitrogens is 2. The number of anilines is 1. The van der Waals surface area contributed by atoms with Gasteiger partial charge in [0.15, 0.2) is 5.11 Å². The van der Waals surface area contributed by atoms with Gasteiger partial charge in [-0.2, -0.15) is 0 Å². The number of halogens is 2. The Bertz CT molecular complexity index is 910. The molecule has 4 nitrogen and oxygen atoms in total. The van der Waals surface area contributed by atoms with Gasteiger partial charge in [-0.25, -0.2) is 9.37 Å². The number of hydrogen-bond acceptors (Lipinski definition) is 2. The summed E-state index contributed by atoms with van der Waals surface area (Å²) in [5.74, 6) is 0.540. The highest BCUT2D eigenvalue weighted by Gasteiger charge is 2.08. The van der Waals surface area contributed by atoms with Crippen molar-refractivity contribution in [2.75, 3.05) is 5.32 Å². The first-order chi connectivity index (χ1) is 12.0. The highest BCUT2D eigenvalue weighted by atomic mass is 79.9. The molecule has 0 radical (unpaired) electrons. The maximum atomic E-state index is 13.9. The highest BCUT2D eigenvalue weighted by molar-refractivity contribution is 9.10. The van der Waals surface area contributed by atoms with Crippen molar-refractivity contribution in [2.45, 2.75) is 13.5 Å². The predicted molar refractivity (Wildman–Crippen MR) is 105 cm³/mol. The molecular weight excluding hydrogens is 403 g/mol. The van der Waals surface area contributed by atoms with Crippen molar-refractivity contribution in [3.63, 3.8) is 0 Å². The van der Waals surface area contributed by atoms with E-state index in [4.69, 9.17) is 12.2 Å². The fraction of sp³-hybridized carbons (Fsp3) is 0.111. The third kappa shape index (κ3) is 4.24. The minimum atomic E-state index is -0.368. The summed E-state index contributed by atoms with van der Waals surface area (Å²) in [6, 6.07) is 12.8. The van der Waals surface area contributed by atoms with Gasteiger partial charge in [-0.1, -0.05) is 34.1 Å². The number of rotatable bonds is 4. The van der Waals surface area contributed by atoms with Crippen molar-refractivity contribution in [3.8, 4) is 5.69 Å². The second-order valence-corrected chi connectivity index (χ2v) is 6.73. The van der Waals surface area contributed by atoms with Gasteiger partial charge in [0.2, 0.25) is 0 Å². The molecule has 1 aromatic heterocycles. The molecule has 0 saturated carbocycles. The van der Waals surface area contributed by atoms with Crippen LogP contribution in [0.5, 0.6) is 0 Å². The monoisotopic (exact) mass is 418 g/mol. The van der Waals surface area contributed by atoms with Crippen LogP contribution in [0.25, 0.3) is 5.69 Å². The quantitative estimate of drug-likeness (QED) is 0.608. The van der Waals surface area contributed by atoms with Gasteiger partial charge in [0, 0.05) is 23.4 Å². The molecule has 0 saturated heterocycles. The summed E-state index contributed by atoms with van der Waals surface area (Å²) in [6.45, 7) is 2.46. The van der Waals surface area contributed by atoms with Gasteiger partial charge in [-0.05, 0) is 49.0 Å². The van der Waals surface area contributed by atoms with Crippen LogP contribution in [0.4, 0.5) is 10.1 Å².